The third kappa shape index (κ3) is 3.87. The molecule has 100 valence electrons. The van der Waals surface area contributed by atoms with Crippen LogP contribution in [0, 0.1) is 5.92 Å². The van der Waals surface area contributed by atoms with Crippen LogP contribution in [0.3, 0.4) is 0 Å². The van der Waals surface area contributed by atoms with Crippen LogP contribution in [0.2, 0.25) is 0 Å². The van der Waals surface area contributed by atoms with Crippen LogP contribution in [0.25, 0.3) is 0 Å². The smallest absolute Gasteiger partial charge is 0.403 e. The van der Waals surface area contributed by atoms with Crippen molar-refractivity contribution in [2.45, 2.75) is 44.8 Å². The first-order valence-corrected chi connectivity index (χ1v) is 5.89. The monoisotopic (exact) mass is 253 g/mol. The fraction of sp³-hybridized carbons (Fsp3) is 0.909. The maximum atomic E-state index is 12.5. The average molecular weight is 253 g/mol. The Morgan fingerprint density at radius 3 is 2.29 bits per heavy atom. The van der Waals surface area contributed by atoms with Gasteiger partial charge < -0.3 is 5.11 Å². The third-order valence-corrected chi connectivity index (χ3v) is 3.36. The number of carbonyl (C=O) groups is 1. The highest BCUT2D eigenvalue weighted by Crippen LogP contribution is 2.30. The molecule has 1 N–H and O–H groups in total. The lowest BCUT2D eigenvalue weighted by molar-refractivity contribution is -0.197. The highest BCUT2D eigenvalue weighted by Gasteiger charge is 2.46. The molecule has 0 bridgehead atoms. The third-order valence-electron chi connectivity index (χ3n) is 3.36. The number of carboxylic acids is 1. The van der Waals surface area contributed by atoms with Gasteiger partial charge in [-0.1, -0.05) is 19.8 Å². The van der Waals surface area contributed by atoms with Gasteiger partial charge in [0.1, 0.15) is 0 Å². The summed E-state index contributed by atoms with van der Waals surface area (Å²) >= 11 is 0. The molecule has 1 aliphatic carbocycles. The Morgan fingerprint density at radius 2 is 1.94 bits per heavy atom. The van der Waals surface area contributed by atoms with Crippen molar-refractivity contribution in [3.05, 3.63) is 0 Å². The van der Waals surface area contributed by atoms with Crippen molar-refractivity contribution in [2.24, 2.45) is 5.92 Å². The van der Waals surface area contributed by atoms with E-state index < -0.39 is 24.6 Å². The van der Waals surface area contributed by atoms with Crippen LogP contribution in [-0.2, 0) is 4.79 Å². The predicted octanol–water partition coefficient (Wildman–Crippen LogP) is 2.51. The largest absolute Gasteiger partial charge is 0.481 e. The van der Waals surface area contributed by atoms with Gasteiger partial charge in [0.2, 0.25) is 0 Å². The molecule has 0 aromatic rings. The van der Waals surface area contributed by atoms with Crippen LogP contribution in [0.15, 0.2) is 0 Å². The van der Waals surface area contributed by atoms with Gasteiger partial charge in [-0.25, -0.2) is 0 Å². The number of rotatable bonds is 5. The van der Waals surface area contributed by atoms with E-state index in [2.05, 4.69) is 0 Å². The molecule has 1 fully saturated rings. The number of nitrogens with zero attached hydrogens (tertiary/aromatic N) is 1. The molecule has 0 amide bonds. The van der Waals surface area contributed by atoms with Crippen LogP contribution in [0.5, 0.6) is 0 Å². The summed E-state index contributed by atoms with van der Waals surface area (Å²) < 4.78 is 37.6. The van der Waals surface area contributed by atoms with E-state index in [1.54, 1.807) is 11.8 Å². The molecule has 0 spiro atoms. The Hall–Kier alpha value is -0.780. The van der Waals surface area contributed by atoms with Crippen LogP contribution in [0.1, 0.15) is 32.6 Å². The zero-order valence-corrected chi connectivity index (χ0v) is 9.83. The second kappa shape index (κ2) is 5.71. The van der Waals surface area contributed by atoms with Crippen LogP contribution >= 0.6 is 0 Å². The number of aliphatic carboxylic acids is 1. The van der Waals surface area contributed by atoms with E-state index in [-0.39, 0.29) is 6.04 Å². The summed E-state index contributed by atoms with van der Waals surface area (Å²) in [6, 6.07) is 0.115. The van der Waals surface area contributed by atoms with Crippen molar-refractivity contribution < 1.29 is 23.1 Å². The minimum Gasteiger partial charge on any atom is -0.481 e. The van der Waals surface area contributed by atoms with Crippen molar-refractivity contribution in [1.82, 2.24) is 4.90 Å². The molecule has 1 rings (SSSR count). The molecule has 1 atom stereocenters. The van der Waals surface area contributed by atoms with Gasteiger partial charge >= 0.3 is 12.1 Å². The molecule has 1 saturated carbocycles. The molecule has 3 nitrogen and oxygen atoms in total. The van der Waals surface area contributed by atoms with Gasteiger partial charge in [-0.3, -0.25) is 9.69 Å². The van der Waals surface area contributed by atoms with E-state index in [9.17, 15) is 18.0 Å². The minimum absolute atomic E-state index is 0.115. The maximum absolute atomic E-state index is 12.5. The maximum Gasteiger partial charge on any atom is 0.403 e. The lowest BCUT2D eigenvalue weighted by atomic mass is 10.1. The topological polar surface area (TPSA) is 40.5 Å². The normalized spacial score (nSPS) is 19.8. The van der Waals surface area contributed by atoms with Gasteiger partial charge in [-0.05, 0) is 19.4 Å². The standard InChI is InChI=1S/C11H18F3NO2/c1-2-15(8-5-3-4-6-8)7-9(10(16)17)11(12,13)14/h8-9H,2-7H2,1H3,(H,16,17). The van der Waals surface area contributed by atoms with E-state index in [1.807, 2.05) is 0 Å². The number of halogens is 3. The van der Waals surface area contributed by atoms with E-state index in [4.69, 9.17) is 5.11 Å². The molecular weight excluding hydrogens is 235 g/mol. The van der Waals surface area contributed by atoms with Crippen LogP contribution < -0.4 is 0 Å². The first-order chi connectivity index (χ1) is 7.86. The molecular formula is C11H18F3NO2. The molecule has 0 heterocycles. The Kier molecular flexibility index (Phi) is 4.80. The Labute approximate surface area is 98.6 Å². The summed E-state index contributed by atoms with van der Waals surface area (Å²) in [5.41, 5.74) is 0. The zero-order chi connectivity index (χ0) is 13.1. The molecule has 0 aromatic heterocycles. The molecule has 0 aromatic carbocycles. The van der Waals surface area contributed by atoms with E-state index >= 15 is 0 Å². The van der Waals surface area contributed by atoms with E-state index in [1.165, 1.54) is 0 Å². The number of hydrogen-bond donors (Lipinski definition) is 1. The SMILES string of the molecule is CCN(CC(C(=O)O)C(F)(F)F)C1CCCC1. The Balaban J connectivity index is 2.66. The molecule has 0 saturated heterocycles. The summed E-state index contributed by atoms with van der Waals surface area (Å²) in [5, 5.41) is 8.65. The van der Waals surface area contributed by atoms with Gasteiger partial charge in [-0.2, -0.15) is 13.2 Å². The molecule has 0 radical (unpaired) electrons. The van der Waals surface area contributed by atoms with Crippen molar-refractivity contribution in [2.75, 3.05) is 13.1 Å². The van der Waals surface area contributed by atoms with Crippen molar-refractivity contribution in [3.63, 3.8) is 0 Å². The fourth-order valence-corrected chi connectivity index (χ4v) is 2.36. The lowest BCUT2D eigenvalue weighted by Gasteiger charge is -2.30. The molecule has 1 unspecified atom stereocenters. The number of hydrogen-bond acceptors (Lipinski definition) is 2. The number of alkyl halides is 3. The van der Waals surface area contributed by atoms with Crippen molar-refractivity contribution in [3.8, 4) is 0 Å². The predicted molar refractivity (Wildman–Crippen MR) is 56.7 cm³/mol. The van der Waals surface area contributed by atoms with E-state index in [0.717, 1.165) is 25.7 Å². The minimum atomic E-state index is -4.67. The van der Waals surface area contributed by atoms with Gasteiger partial charge in [0, 0.05) is 12.6 Å². The second-order valence-electron chi connectivity index (χ2n) is 4.46. The Morgan fingerprint density at radius 1 is 1.41 bits per heavy atom. The fourth-order valence-electron chi connectivity index (χ4n) is 2.36. The van der Waals surface area contributed by atoms with E-state index in [0.29, 0.717) is 6.54 Å². The molecule has 1 aliphatic rings. The molecule has 17 heavy (non-hydrogen) atoms. The van der Waals surface area contributed by atoms with Gasteiger partial charge in [-0.15, -0.1) is 0 Å². The highest BCUT2D eigenvalue weighted by molar-refractivity contribution is 5.71. The van der Waals surface area contributed by atoms with Gasteiger partial charge in [0.15, 0.2) is 5.92 Å². The second-order valence-corrected chi connectivity index (χ2v) is 4.46. The quantitative estimate of drug-likeness (QED) is 0.818. The first-order valence-electron chi connectivity index (χ1n) is 5.89. The lowest BCUT2D eigenvalue weighted by Crippen LogP contribution is -2.44. The first kappa shape index (κ1) is 14.3. The zero-order valence-electron chi connectivity index (χ0n) is 9.83. The van der Waals surface area contributed by atoms with Crippen LogP contribution in [-0.4, -0.2) is 41.3 Å². The van der Waals surface area contributed by atoms with Crippen molar-refractivity contribution in [1.29, 1.82) is 0 Å². The molecule has 0 aliphatic heterocycles. The Bertz CT molecular complexity index is 262. The van der Waals surface area contributed by atoms with Gasteiger partial charge in [0.05, 0.1) is 0 Å². The average Bonchev–Trinajstić information content (AvgIpc) is 2.69. The summed E-state index contributed by atoms with van der Waals surface area (Å²) in [5.74, 6) is -4.06. The van der Waals surface area contributed by atoms with Crippen molar-refractivity contribution >= 4 is 5.97 Å². The molecule has 6 heteroatoms. The van der Waals surface area contributed by atoms with Crippen LogP contribution in [0.4, 0.5) is 13.2 Å². The van der Waals surface area contributed by atoms with Gasteiger partial charge in [0.25, 0.3) is 0 Å². The highest BCUT2D eigenvalue weighted by atomic mass is 19.4. The summed E-state index contributed by atoms with van der Waals surface area (Å²) in [6.07, 6.45) is -0.885. The number of carboxylic acid groups (broad SMARTS) is 1. The summed E-state index contributed by atoms with van der Waals surface area (Å²) in [6.45, 7) is 1.80. The summed E-state index contributed by atoms with van der Waals surface area (Å²) in [4.78, 5) is 12.3. The summed E-state index contributed by atoms with van der Waals surface area (Å²) in [7, 11) is 0.